The van der Waals surface area contributed by atoms with Gasteiger partial charge >= 0.3 is 0 Å². The normalized spacial score (nSPS) is 9.94. The van der Waals surface area contributed by atoms with Crippen LogP contribution in [0, 0.1) is 15.9 Å². The molecule has 0 saturated heterocycles. The van der Waals surface area contributed by atoms with Crippen molar-refractivity contribution in [2.45, 2.75) is 0 Å². The van der Waals surface area contributed by atoms with E-state index < -0.39 is 22.2 Å². The molecule has 1 amide bonds. The largest absolute Gasteiger partial charge is 0.280 e. The maximum atomic E-state index is 13.3. The number of benzene rings is 1. The van der Waals surface area contributed by atoms with Gasteiger partial charge in [0.15, 0.2) is 0 Å². The second-order valence-electron chi connectivity index (χ2n) is 2.91. The summed E-state index contributed by atoms with van der Waals surface area (Å²) in [6.07, 6.45) is 0. The van der Waals surface area contributed by atoms with Gasteiger partial charge in [0.2, 0.25) is 0 Å². The van der Waals surface area contributed by atoms with Crippen LogP contribution in [0.3, 0.4) is 0 Å². The molecule has 1 aromatic rings. The lowest BCUT2D eigenvalue weighted by Gasteiger charge is -2.13. The lowest BCUT2D eigenvalue weighted by Crippen LogP contribution is -2.26. The zero-order valence-corrected chi connectivity index (χ0v) is 8.64. The molecule has 86 valence electrons. The van der Waals surface area contributed by atoms with Gasteiger partial charge in [-0.15, -0.1) is 0 Å². The number of non-ortho nitro benzene ring substituents is 1. The predicted octanol–water partition coefficient (Wildman–Crippen LogP) is 1.37. The summed E-state index contributed by atoms with van der Waals surface area (Å²) in [5, 5.41) is 11.2. The molecule has 0 aromatic heterocycles. The highest BCUT2D eigenvalue weighted by atomic mass is 19.1. The summed E-state index contributed by atoms with van der Waals surface area (Å²) in [5.74, 6) is -1.62. The van der Waals surface area contributed by atoms with Crippen molar-refractivity contribution < 1.29 is 18.9 Å². The van der Waals surface area contributed by atoms with Gasteiger partial charge in [-0.1, -0.05) is 0 Å². The summed E-state index contributed by atoms with van der Waals surface area (Å²) in [4.78, 5) is 25.8. The zero-order valence-electron chi connectivity index (χ0n) is 8.64. The Labute approximate surface area is 90.3 Å². The van der Waals surface area contributed by atoms with E-state index in [4.69, 9.17) is 0 Å². The number of hydrogen-bond acceptors (Lipinski definition) is 4. The number of halogens is 1. The highest BCUT2D eigenvalue weighted by molar-refractivity contribution is 5.94. The van der Waals surface area contributed by atoms with Crippen LogP contribution < -0.4 is 0 Å². The van der Waals surface area contributed by atoms with Crippen LogP contribution in [0.4, 0.5) is 10.1 Å². The summed E-state index contributed by atoms with van der Waals surface area (Å²) in [6.45, 7) is 0. The first-order chi connectivity index (χ1) is 7.47. The maximum absolute atomic E-state index is 13.3. The Morgan fingerprint density at radius 3 is 2.69 bits per heavy atom. The van der Waals surface area contributed by atoms with Gasteiger partial charge < -0.3 is 0 Å². The van der Waals surface area contributed by atoms with Crippen molar-refractivity contribution in [3.63, 3.8) is 0 Å². The molecule has 0 N–H and O–H groups in total. The Morgan fingerprint density at radius 2 is 2.19 bits per heavy atom. The molecule has 0 aliphatic heterocycles. The van der Waals surface area contributed by atoms with Crippen molar-refractivity contribution in [3.8, 4) is 0 Å². The molecule has 6 nitrogen and oxygen atoms in total. The molecule has 0 spiro atoms. The van der Waals surface area contributed by atoms with Crippen molar-refractivity contribution in [2.24, 2.45) is 0 Å². The van der Waals surface area contributed by atoms with Crippen LogP contribution in [0.15, 0.2) is 18.2 Å². The molecule has 1 aromatic carbocycles. The number of amides is 1. The van der Waals surface area contributed by atoms with Gasteiger partial charge in [-0.05, 0) is 6.07 Å². The van der Waals surface area contributed by atoms with E-state index in [2.05, 4.69) is 4.84 Å². The summed E-state index contributed by atoms with van der Waals surface area (Å²) >= 11 is 0. The summed E-state index contributed by atoms with van der Waals surface area (Å²) < 4.78 is 13.3. The summed E-state index contributed by atoms with van der Waals surface area (Å²) in [7, 11) is 2.51. The molecule has 0 heterocycles. The Morgan fingerprint density at radius 1 is 1.56 bits per heavy atom. The van der Waals surface area contributed by atoms with Crippen molar-refractivity contribution in [1.82, 2.24) is 5.06 Å². The standard InChI is InChI=1S/C9H9FN2O4/c1-11(16-2)9(13)7-5-6(12(14)15)3-4-8(7)10/h3-5H,1-2H3. The van der Waals surface area contributed by atoms with Crippen molar-refractivity contribution in [2.75, 3.05) is 14.2 Å². The number of hydrogen-bond donors (Lipinski definition) is 0. The topological polar surface area (TPSA) is 72.7 Å². The predicted molar refractivity (Wildman–Crippen MR) is 52.2 cm³/mol. The second kappa shape index (κ2) is 4.67. The van der Waals surface area contributed by atoms with Crippen LogP contribution in [-0.4, -0.2) is 30.1 Å². The molecule has 0 unspecified atom stereocenters. The number of nitrogens with zero attached hydrogens (tertiary/aromatic N) is 2. The van der Waals surface area contributed by atoms with E-state index in [0.717, 1.165) is 23.3 Å². The highest BCUT2D eigenvalue weighted by Gasteiger charge is 2.19. The van der Waals surface area contributed by atoms with Gasteiger partial charge in [0.05, 0.1) is 17.6 Å². The Hall–Kier alpha value is -2.02. The average molecular weight is 228 g/mol. The third-order valence-corrected chi connectivity index (χ3v) is 1.95. The molecule has 0 aliphatic rings. The van der Waals surface area contributed by atoms with Gasteiger partial charge in [-0.3, -0.25) is 19.7 Å². The fraction of sp³-hybridized carbons (Fsp3) is 0.222. The molecule has 1 rings (SSSR count). The molecule has 16 heavy (non-hydrogen) atoms. The lowest BCUT2D eigenvalue weighted by atomic mass is 10.2. The zero-order chi connectivity index (χ0) is 12.3. The van der Waals surface area contributed by atoms with Gasteiger partial charge in [-0.2, -0.15) is 0 Å². The van der Waals surface area contributed by atoms with E-state index in [9.17, 15) is 19.3 Å². The molecule has 0 saturated carbocycles. The molecule has 0 aliphatic carbocycles. The first-order valence-electron chi connectivity index (χ1n) is 4.23. The Bertz CT molecular complexity index is 436. The van der Waals surface area contributed by atoms with Gasteiger partial charge in [0.25, 0.3) is 11.6 Å². The van der Waals surface area contributed by atoms with E-state index >= 15 is 0 Å². The molecule has 0 bridgehead atoms. The maximum Gasteiger partial charge on any atom is 0.280 e. The average Bonchev–Trinajstić information content (AvgIpc) is 2.27. The van der Waals surface area contributed by atoms with E-state index in [1.165, 1.54) is 14.2 Å². The quantitative estimate of drug-likeness (QED) is 0.578. The van der Waals surface area contributed by atoms with Crippen LogP contribution in [-0.2, 0) is 4.84 Å². The number of nitro benzene ring substituents is 1. The Balaban J connectivity index is 3.17. The fourth-order valence-corrected chi connectivity index (χ4v) is 1.04. The molecular weight excluding hydrogens is 219 g/mol. The molecule has 7 heteroatoms. The summed E-state index contributed by atoms with van der Waals surface area (Å²) in [5.41, 5.74) is -0.757. The van der Waals surface area contributed by atoms with Crippen LogP contribution in [0.2, 0.25) is 0 Å². The van der Waals surface area contributed by atoms with E-state index in [-0.39, 0.29) is 5.69 Å². The van der Waals surface area contributed by atoms with Gasteiger partial charge in [0, 0.05) is 19.2 Å². The van der Waals surface area contributed by atoms with E-state index in [1.807, 2.05) is 0 Å². The SMILES string of the molecule is CON(C)C(=O)c1cc([N+](=O)[O-])ccc1F. The monoisotopic (exact) mass is 228 g/mol. The molecule has 0 fully saturated rings. The number of rotatable bonds is 3. The minimum Gasteiger partial charge on any atom is -0.274 e. The van der Waals surface area contributed by atoms with Crippen molar-refractivity contribution >= 4 is 11.6 Å². The first kappa shape index (κ1) is 12.1. The second-order valence-corrected chi connectivity index (χ2v) is 2.91. The third kappa shape index (κ3) is 2.31. The van der Waals surface area contributed by atoms with Crippen molar-refractivity contribution in [3.05, 3.63) is 39.7 Å². The minimum absolute atomic E-state index is 0.353. The van der Waals surface area contributed by atoms with Crippen LogP contribution in [0.1, 0.15) is 10.4 Å². The highest BCUT2D eigenvalue weighted by Crippen LogP contribution is 2.18. The van der Waals surface area contributed by atoms with Crippen molar-refractivity contribution in [1.29, 1.82) is 0 Å². The van der Waals surface area contributed by atoms with Crippen LogP contribution in [0.25, 0.3) is 0 Å². The first-order valence-corrected chi connectivity index (χ1v) is 4.23. The molecule has 0 radical (unpaired) electrons. The number of carbonyl (C=O) groups is 1. The van der Waals surface area contributed by atoms with Gasteiger partial charge in [0.1, 0.15) is 5.82 Å². The van der Waals surface area contributed by atoms with Gasteiger partial charge in [-0.25, -0.2) is 9.45 Å². The van der Waals surface area contributed by atoms with Crippen LogP contribution in [0.5, 0.6) is 0 Å². The number of hydroxylamine groups is 2. The third-order valence-electron chi connectivity index (χ3n) is 1.95. The van der Waals surface area contributed by atoms with Crippen LogP contribution >= 0.6 is 0 Å². The van der Waals surface area contributed by atoms with E-state index in [1.54, 1.807) is 0 Å². The number of nitro groups is 1. The fourth-order valence-electron chi connectivity index (χ4n) is 1.04. The number of carbonyl (C=O) groups excluding carboxylic acids is 1. The molecular formula is C9H9FN2O4. The smallest absolute Gasteiger partial charge is 0.274 e. The minimum atomic E-state index is -0.834. The lowest BCUT2D eigenvalue weighted by molar-refractivity contribution is -0.384. The summed E-state index contributed by atoms with van der Waals surface area (Å²) in [6, 6.07) is 2.72. The Kier molecular flexibility index (Phi) is 3.51. The van der Waals surface area contributed by atoms with E-state index in [0.29, 0.717) is 0 Å². The molecule has 0 atom stereocenters.